The van der Waals surface area contributed by atoms with Crippen LogP contribution in [0.25, 0.3) is 0 Å². The van der Waals surface area contributed by atoms with Gasteiger partial charge in [-0.25, -0.2) is 0 Å². The molecule has 0 atom stereocenters. The zero-order chi connectivity index (χ0) is 12.0. The molecule has 0 aliphatic rings. The smallest absolute Gasteiger partial charge is 0.153 e. The largest absolute Gasteiger partial charge is 0.409 e. The Hall–Kier alpha value is -1.62. The molecule has 5 nitrogen and oxygen atoms in total. The Labute approximate surface area is 95.6 Å². The third-order valence-electron chi connectivity index (χ3n) is 2.36. The number of nitrogens with two attached hydrogens (primary N) is 1. The third kappa shape index (κ3) is 3.86. The van der Waals surface area contributed by atoms with Crippen molar-refractivity contribution in [3.8, 4) is 0 Å². The molecule has 16 heavy (non-hydrogen) atoms. The summed E-state index contributed by atoms with van der Waals surface area (Å²) in [5, 5.41) is 11.6. The Morgan fingerprint density at radius 1 is 1.50 bits per heavy atom. The number of aromatic nitrogens is 1. The fourth-order valence-corrected chi connectivity index (χ4v) is 1.38. The van der Waals surface area contributed by atoms with E-state index in [1.54, 1.807) is 12.4 Å². The van der Waals surface area contributed by atoms with Crippen LogP contribution in [-0.2, 0) is 6.54 Å². The zero-order valence-electron chi connectivity index (χ0n) is 9.67. The number of pyridine rings is 1. The highest BCUT2D eigenvalue weighted by molar-refractivity contribution is 5.81. The van der Waals surface area contributed by atoms with Crippen molar-refractivity contribution in [3.05, 3.63) is 30.1 Å². The molecule has 3 N–H and O–H groups in total. The van der Waals surface area contributed by atoms with Crippen molar-refractivity contribution in [2.45, 2.75) is 26.4 Å². The molecule has 0 radical (unpaired) electrons. The average Bonchev–Trinajstić information content (AvgIpc) is 2.29. The monoisotopic (exact) mass is 222 g/mol. The summed E-state index contributed by atoms with van der Waals surface area (Å²) in [4.78, 5) is 6.08. The van der Waals surface area contributed by atoms with Crippen molar-refractivity contribution in [2.24, 2.45) is 10.9 Å². The minimum absolute atomic E-state index is 0.225. The predicted octanol–water partition coefficient (Wildman–Crippen LogP) is 1.04. The fourth-order valence-electron chi connectivity index (χ4n) is 1.38. The van der Waals surface area contributed by atoms with Crippen molar-refractivity contribution >= 4 is 5.84 Å². The van der Waals surface area contributed by atoms with Gasteiger partial charge in [0.2, 0.25) is 0 Å². The van der Waals surface area contributed by atoms with Gasteiger partial charge in [0.15, 0.2) is 5.84 Å². The summed E-state index contributed by atoms with van der Waals surface area (Å²) < 4.78 is 0. The van der Waals surface area contributed by atoms with Crippen LogP contribution in [0.5, 0.6) is 0 Å². The van der Waals surface area contributed by atoms with Gasteiger partial charge in [-0.3, -0.25) is 9.88 Å². The molecule has 1 heterocycles. The van der Waals surface area contributed by atoms with E-state index in [1.807, 2.05) is 12.1 Å². The summed E-state index contributed by atoms with van der Waals surface area (Å²) in [7, 11) is 0. The fraction of sp³-hybridized carbons (Fsp3) is 0.455. The second kappa shape index (κ2) is 6.07. The van der Waals surface area contributed by atoms with E-state index in [-0.39, 0.29) is 5.84 Å². The quantitative estimate of drug-likeness (QED) is 0.338. The van der Waals surface area contributed by atoms with Crippen LogP contribution in [0.3, 0.4) is 0 Å². The Morgan fingerprint density at radius 3 is 2.62 bits per heavy atom. The molecule has 1 aromatic heterocycles. The highest BCUT2D eigenvalue weighted by Crippen LogP contribution is 2.06. The summed E-state index contributed by atoms with van der Waals surface area (Å²) >= 11 is 0. The molecule has 1 aromatic rings. The van der Waals surface area contributed by atoms with Crippen molar-refractivity contribution in [3.63, 3.8) is 0 Å². The van der Waals surface area contributed by atoms with E-state index >= 15 is 0 Å². The molecule has 88 valence electrons. The van der Waals surface area contributed by atoms with Gasteiger partial charge in [-0.1, -0.05) is 5.16 Å². The van der Waals surface area contributed by atoms with Crippen LogP contribution in [-0.4, -0.2) is 33.5 Å². The Balaban J connectivity index is 2.65. The van der Waals surface area contributed by atoms with Gasteiger partial charge in [-0.15, -0.1) is 0 Å². The van der Waals surface area contributed by atoms with E-state index in [1.165, 1.54) is 0 Å². The van der Waals surface area contributed by atoms with Gasteiger partial charge in [0, 0.05) is 25.0 Å². The lowest BCUT2D eigenvalue weighted by molar-refractivity contribution is 0.238. The lowest BCUT2D eigenvalue weighted by atomic mass is 10.2. The van der Waals surface area contributed by atoms with Crippen molar-refractivity contribution in [2.75, 3.05) is 6.54 Å². The second-order valence-electron chi connectivity index (χ2n) is 3.95. The molecule has 0 spiro atoms. The second-order valence-corrected chi connectivity index (χ2v) is 3.95. The SMILES string of the molecule is CC(C)N(CC(N)=NO)Cc1ccncc1. The van der Waals surface area contributed by atoms with Crippen molar-refractivity contribution in [1.82, 2.24) is 9.88 Å². The third-order valence-corrected chi connectivity index (χ3v) is 2.36. The number of hydrogen-bond acceptors (Lipinski definition) is 4. The van der Waals surface area contributed by atoms with Crippen LogP contribution in [0, 0.1) is 0 Å². The minimum Gasteiger partial charge on any atom is -0.409 e. The first-order valence-corrected chi connectivity index (χ1v) is 5.23. The summed E-state index contributed by atoms with van der Waals surface area (Å²) in [5.74, 6) is 0.225. The van der Waals surface area contributed by atoms with E-state index in [9.17, 15) is 0 Å². The van der Waals surface area contributed by atoms with Crippen molar-refractivity contribution < 1.29 is 5.21 Å². The number of amidine groups is 1. The first-order chi connectivity index (χ1) is 7.63. The number of oxime groups is 1. The molecule has 0 aromatic carbocycles. The van der Waals surface area contributed by atoms with Crippen LogP contribution in [0.15, 0.2) is 29.7 Å². The van der Waals surface area contributed by atoms with E-state index in [4.69, 9.17) is 10.9 Å². The molecule has 5 heteroatoms. The molecule has 0 saturated heterocycles. The van der Waals surface area contributed by atoms with Crippen LogP contribution in [0.2, 0.25) is 0 Å². The van der Waals surface area contributed by atoms with Crippen LogP contribution >= 0.6 is 0 Å². The van der Waals surface area contributed by atoms with E-state index in [0.717, 1.165) is 12.1 Å². The summed E-state index contributed by atoms with van der Waals surface area (Å²) in [6.45, 7) is 5.37. The van der Waals surface area contributed by atoms with Crippen molar-refractivity contribution in [1.29, 1.82) is 0 Å². The Morgan fingerprint density at radius 2 is 2.12 bits per heavy atom. The average molecular weight is 222 g/mol. The summed E-state index contributed by atoms with van der Waals surface area (Å²) in [6.07, 6.45) is 3.52. The summed E-state index contributed by atoms with van der Waals surface area (Å²) in [6, 6.07) is 4.25. The minimum atomic E-state index is 0.225. The van der Waals surface area contributed by atoms with Gasteiger partial charge in [-0.2, -0.15) is 0 Å². The number of nitrogens with zero attached hydrogens (tertiary/aromatic N) is 3. The Kier molecular flexibility index (Phi) is 4.72. The van der Waals surface area contributed by atoms with Crippen LogP contribution in [0.4, 0.5) is 0 Å². The number of rotatable bonds is 5. The van der Waals surface area contributed by atoms with E-state index in [2.05, 4.69) is 28.9 Å². The van der Waals surface area contributed by atoms with Gasteiger partial charge in [0.25, 0.3) is 0 Å². The summed E-state index contributed by atoms with van der Waals surface area (Å²) in [5.41, 5.74) is 6.67. The van der Waals surface area contributed by atoms with Gasteiger partial charge in [0.05, 0.1) is 6.54 Å². The molecule has 0 unspecified atom stereocenters. The van der Waals surface area contributed by atoms with Gasteiger partial charge in [-0.05, 0) is 31.5 Å². The maximum Gasteiger partial charge on any atom is 0.153 e. The first-order valence-electron chi connectivity index (χ1n) is 5.23. The molecule has 0 aliphatic carbocycles. The zero-order valence-corrected chi connectivity index (χ0v) is 9.67. The molecule has 1 rings (SSSR count). The van der Waals surface area contributed by atoms with E-state index in [0.29, 0.717) is 12.6 Å². The van der Waals surface area contributed by atoms with Crippen LogP contribution in [0.1, 0.15) is 19.4 Å². The molecular weight excluding hydrogens is 204 g/mol. The number of hydrogen-bond donors (Lipinski definition) is 2. The molecule has 0 bridgehead atoms. The molecule has 0 fully saturated rings. The normalized spacial score (nSPS) is 12.4. The predicted molar refractivity (Wildman–Crippen MR) is 63.2 cm³/mol. The Bertz CT molecular complexity index is 337. The maximum absolute atomic E-state index is 8.56. The topological polar surface area (TPSA) is 74.7 Å². The lowest BCUT2D eigenvalue weighted by Gasteiger charge is -2.25. The molecule has 0 amide bonds. The molecule has 0 aliphatic heterocycles. The maximum atomic E-state index is 8.56. The van der Waals surface area contributed by atoms with E-state index < -0.39 is 0 Å². The molecule has 0 saturated carbocycles. The standard InChI is InChI=1S/C11H18N4O/c1-9(2)15(8-11(12)14-16)7-10-3-5-13-6-4-10/h3-6,9,16H,7-8H2,1-2H3,(H2,12,14). The highest BCUT2D eigenvalue weighted by atomic mass is 16.4. The van der Waals surface area contributed by atoms with Gasteiger partial charge < -0.3 is 10.9 Å². The molecular formula is C11H18N4O. The first kappa shape index (κ1) is 12.4. The lowest BCUT2D eigenvalue weighted by Crippen LogP contribution is -2.38. The van der Waals surface area contributed by atoms with Gasteiger partial charge >= 0.3 is 0 Å². The van der Waals surface area contributed by atoms with Gasteiger partial charge in [0.1, 0.15) is 0 Å². The highest BCUT2D eigenvalue weighted by Gasteiger charge is 2.11. The van der Waals surface area contributed by atoms with Crippen LogP contribution < -0.4 is 5.73 Å².